The Kier molecular flexibility index (Phi) is 4.49. The normalized spacial score (nSPS) is 12.3. The van der Waals surface area contributed by atoms with Crippen molar-refractivity contribution in [1.82, 2.24) is 4.68 Å². The summed E-state index contributed by atoms with van der Waals surface area (Å²) in [5.41, 5.74) is 0.925. The standard InChI is InChI=1S/C14H12N4O3S2/c1-2-15-14-17(11(9-23-14)12-4-3-7-22-12)16-8-10-5-6-13(21-10)18(19)20/h3-9H,2H2,1H3. The second-order valence-electron chi connectivity index (χ2n) is 4.34. The van der Waals surface area contributed by atoms with E-state index in [9.17, 15) is 10.1 Å². The number of furan rings is 1. The summed E-state index contributed by atoms with van der Waals surface area (Å²) in [4.78, 5) is 16.3. The molecule has 0 amide bonds. The first kappa shape index (κ1) is 15.4. The topological polar surface area (TPSA) is 85.9 Å². The molecule has 0 radical (unpaired) electrons. The van der Waals surface area contributed by atoms with Crippen LogP contribution in [0, 0.1) is 10.1 Å². The summed E-state index contributed by atoms with van der Waals surface area (Å²) < 4.78 is 6.80. The zero-order valence-electron chi connectivity index (χ0n) is 12.1. The molecular weight excluding hydrogens is 336 g/mol. The molecule has 118 valence electrons. The number of aromatic nitrogens is 1. The van der Waals surface area contributed by atoms with Crippen molar-refractivity contribution >= 4 is 34.8 Å². The maximum Gasteiger partial charge on any atom is 0.433 e. The number of hydrogen-bond donors (Lipinski definition) is 0. The van der Waals surface area contributed by atoms with E-state index < -0.39 is 4.92 Å². The van der Waals surface area contributed by atoms with Crippen LogP contribution < -0.4 is 4.80 Å². The molecule has 0 saturated heterocycles. The number of hydrogen-bond acceptors (Lipinski definition) is 7. The summed E-state index contributed by atoms with van der Waals surface area (Å²) in [6.45, 7) is 2.60. The zero-order valence-corrected chi connectivity index (χ0v) is 13.7. The lowest BCUT2D eigenvalue weighted by Crippen LogP contribution is -2.12. The Morgan fingerprint density at radius 2 is 2.26 bits per heavy atom. The lowest BCUT2D eigenvalue weighted by atomic mass is 10.4. The predicted octanol–water partition coefficient (Wildman–Crippen LogP) is 3.58. The van der Waals surface area contributed by atoms with Gasteiger partial charge in [0.05, 0.1) is 22.9 Å². The fourth-order valence-electron chi connectivity index (χ4n) is 1.87. The minimum atomic E-state index is -0.579. The van der Waals surface area contributed by atoms with Crippen LogP contribution in [-0.4, -0.2) is 22.4 Å². The van der Waals surface area contributed by atoms with E-state index >= 15 is 0 Å². The van der Waals surface area contributed by atoms with Crippen LogP contribution in [0.4, 0.5) is 5.88 Å². The summed E-state index contributed by atoms with van der Waals surface area (Å²) in [5, 5.41) is 19.0. The van der Waals surface area contributed by atoms with Gasteiger partial charge < -0.3 is 4.42 Å². The summed E-state index contributed by atoms with van der Waals surface area (Å²) >= 11 is 3.10. The molecule has 0 atom stereocenters. The highest BCUT2D eigenvalue weighted by molar-refractivity contribution is 7.14. The third-order valence-electron chi connectivity index (χ3n) is 2.85. The molecule has 0 spiro atoms. The average Bonchev–Trinajstić information content (AvgIpc) is 3.26. The van der Waals surface area contributed by atoms with E-state index in [1.165, 1.54) is 29.7 Å². The maximum atomic E-state index is 10.6. The van der Waals surface area contributed by atoms with Crippen LogP contribution >= 0.6 is 22.7 Å². The Morgan fingerprint density at radius 1 is 1.39 bits per heavy atom. The Bertz CT molecular complexity index is 903. The summed E-state index contributed by atoms with van der Waals surface area (Å²) in [7, 11) is 0. The molecule has 3 rings (SSSR count). The van der Waals surface area contributed by atoms with Crippen molar-refractivity contribution in [3.05, 3.63) is 55.7 Å². The van der Waals surface area contributed by atoms with E-state index in [0.717, 1.165) is 15.4 Å². The number of thiophene rings is 1. The van der Waals surface area contributed by atoms with Gasteiger partial charge in [-0.2, -0.15) is 5.10 Å². The van der Waals surface area contributed by atoms with Gasteiger partial charge in [-0.1, -0.05) is 6.07 Å². The van der Waals surface area contributed by atoms with Gasteiger partial charge in [-0.25, -0.2) is 4.68 Å². The van der Waals surface area contributed by atoms with Crippen LogP contribution in [-0.2, 0) is 0 Å². The quantitative estimate of drug-likeness (QED) is 0.401. The van der Waals surface area contributed by atoms with Crippen LogP contribution in [0.5, 0.6) is 0 Å². The van der Waals surface area contributed by atoms with Gasteiger partial charge in [-0.3, -0.25) is 15.1 Å². The van der Waals surface area contributed by atoms with E-state index in [2.05, 4.69) is 10.1 Å². The molecular formula is C14H12N4O3S2. The molecule has 0 aliphatic heterocycles. The Morgan fingerprint density at radius 3 is 2.91 bits per heavy atom. The number of rotatable bonds is 5. The molecule has 3 heterocycles. The Balaban J connectivity index is 2.00. The molecule has 0 saturated carbocycles. The number of nitrogens with zero attached hydrogens (tertiary/aromatic N) is 4. The van der Waals surface area contributed by atoms with E-state index in [1.54, 1.807) is 16.0 Å². The van der Waals surface area contributed by atoms with E-state index in [1.807, 2.05) is 29.8 Å². The van der Waals surface area contributed by atoms with Gasteiger partial charge in [0.2, 0.25) is 4.80 Å². The Hall–Kier alpha value is -2.52. The molecule has 0 bridgehead atoms. The largest absolute Gasteiger partial charge is 0.433 e. The van der Waals surface area contributed by atoms with Crippen molar-refractivity contribution in [3.63, 3.8) is 0 Å². The van der Waals surface area contributed by atoms with Crippen LogP contribution in [0.15, 0.2) is 49.5 Å². The van der Waals surface area contributed by atoms with E-state index in [0.29, 0.717) is 12.3 Å². The molecule has 0 fully saturated rings. The van der Waals surface area contributed by atoms with Crippen LogP contribution in [0.2, 0.25) is 0 Å². The monoisotopic (exact) mass is 348 g/mol. The lowest BCUT2D eigenvalue weighted by molar-refractivity contribution is -0.402. The van der Waals surface area contributed by atoms with Crippen molar-refractivity contribution in [3.8, 4) is 10.6 Å². The van der Waals surface area contributed by atoms with Gasteiger partial charge in [0, 0.05) is 11.9 Å². The van der Waals surface area contributed by atoms with Gasteiger partial charge in [0.25, 0.3) is 0 Å². The second-order valence-corrected chi connectivity index (χ2v) is 6.13. The minimum absolute atomic E-state index is 0.307. The zero-order chi connectivity index (χ0) is 16.2. The van der Waals surface area contributed by atoms with E-state index in [-0.39, 0.29) is 5.88 Å². The first-order valence-corrected chi connectivity index (χ1v) is 8.48. The molecule has 0 aliphatic carbocycles. The second kappa shape index (κ2) is 6.71. The lowest BCUT2D eigenvalue weighted by Gasteiger charge is -1.99. The summed E-state index contributed by atoms with van der Waals surface area (Å²) in [6.07, 6.45) is 1.45. The predicted molar refractivity (Wildman–Crippen MR) is 90.1 cm³/mol. The van der Waals surface area contributed by atoms with Gasteiger partial charge >= 0.3 is 5.88 Å². The molecule has 0 aromatic carbocycles. The number of nitro groups is 1. The van der Waals surface area contributed by atoms with Crippen LogP contribution in [0.1, 0.15) is 12.7 Å². The third-order valence-corrected chi connectivity index (χ3v) is 4.59. The van der Waals surface area contributed by atoms with E-state index in [4.69, 9.17) is 4.42 Å². The molecule has 9 heteroatoms. The van der Waals surface area contributed by atoms with Gasteiger partial charge in [-0.15, -0.1) is 22.7 Å². The van der Waals surface area contributed by atoms with Crippen LogP contribution in [0.25, 0.3) is 10.6 Å². The summed E-state index contributed by atoms with van der Waals surface area (Å²) in [6, 6.07) is 6.79. The number of thiazole rings is 1. The highest BCUT2D eigenvalue weighted by Crippen LogP contribution is 2.25. The van der Waals surface area contributed by atoms with Crippen LogP contribution in [0.3, 0.4) is 0 Å². The van der Waals surface area contributed by atoms with Gasteiger partial charge in [-0.05, 0) is 24.4 Å². The first-order chi connectivity index (χ1) is 11.2. The molecule has 7 nitrogen and oxygen atoms in total. The highest BCUT2D eigenvalue weighted by atomic mass is 32.1. The van der Waals surface area contributed by atoms with Crippen molar-refractivity contribution in [2.45, 2.75) is 6.92 Å². The molecule has 0 unspecified atom stereocenters. The molecule has 0 aliphatic rings. The van der Waals surface area contributed by atoms with Crippen molar-refractivity contribution in [2.75, 3.05) is 6.54 Å². The SMILES string of the molecule is CCN=c1scc(-c2cccs2)n1N=Cc1ccc([N+](=O)[O-])o1. The molecule has 3 aromatic rings. The molecule has 3 aromatic heterocycles. The molecule has 0 N–H and O–H groups in total. The minimum Gasteiger partial charge on any atom is -0.400 e. The van der Waals surface area contributed by atoms with Gasteiger partial charge in [0.1, 0.15) is 4.92 Å². The smallest absolute Gasteiger partial charge is 0.400 e. The average molecular weight is 348 g/mol. The van der Waals surface area contributed by atoms with Crippen molar-refractivity contribution < 1.29 is 9.34 Å². The van der Waals surface area contributed by atoms with Gasteiger partial charge in [0.15, 0.2) is 5.76 Å². The molecule has 23 heavy (non-hydrogen) atoms. The highest BCUT2D eigenvalue weighted by Gasteiger charge is 2.11. The third kappa shape index (κ3) is 3.30. The first-order valence-electron chi connectivity index (χ1n) is 6.72. The van der Waals surface area contributed by atoms with Crippen molar-refractivity contribution in [2.24, 2.45) is 10.1 Å². The maximum absolute atomic E-state index is 10.6. The fraction of sp³-hybridized carbons (Fsp3) is 0.143. The Labute approximate surface area is 139 Å². The van der Waals surface area contributed by atoms with Crippen molar-refractivity contribution in [1.29, 1.82) is 0 Å². The fourth-order valence-corrected chi connectivity index (χ4v) is 3.57. The summed E-state index contributed by atoms with van der Waals surface area (Å²) in [5.74, 6) is 0.00805.